The van der Waals surface area contributed by atoms with Gasteiger partial charge in [0.1, 0.15) is 5.56 Å². The van der Waals surface area contributed by atoms with Crippen molar-refractivity contribution in [1.29, 1.82) is 0 Å². The van der Waals surface area contributed by atoms with E-state index in [1.165, 1.54) is 21.8 Å². The molecular formula is C13H9N3O2S. The third-order valence-corrected chi connectivity index (χ3v) is 3.35. The minimum absolute atomic E-state index is 0.0962. The predicted molar refractivity (Wildman–Crippen MR) is 73.7 cm³/mol. The van der Waals surface area contributed by atoms with E-state index in [1.54, 1.807) is 29.9 Å². The first kappa shape index (κ1) is 11.6. The maximum Gasteiger partial charge on any atom is 0.267 e. The van der Waals surface area contributed by atoms with Gasteiger partial charge < -0.3 is 0 Å². The minimum atomic E-state index is -0.446. The van der Waals surface area contributed by atoms with Crippen LogP contribution in [0.15, 0.2) is 52.9 Å². The van der Waals surface area contributed by atoms with Crippen molar-refractivity contribution in [3.05, 3.63) is 64.0 Å². The fraction of sp³-hybridized carbons (Fsp3) is 0. The SMILES string of the molecule is O=C(Nc1nccs1)c1ccc2ccccn2c1=O. The quantitative estimate of drug-likeness (QED) is 0.775. The molecule has 19 heavy (non-hydrogen) atoms. The van der Waals surface area contributed by atoms with E-state index in [9.17, 15) is 9.59 Å². The number of amides is 1. The Balaban J connectivity index is 2.03. The fourth-order valence-electron chi connectivity index (χ4n) is 1.77. The monoisotopic (exact) mass is 271 g/mol. The Morgan fingerprint density at radius 3 is 2.95 bits per heavy atom. The van der Waals surface area contributed by atoms with Crippen molar-refractivity contribution in [2.75, 3.05) is 5.32 Å². The zero-order chi connectivity index (χ0) is 13.2. The van der Waals surface area contributed by atoms with Gasteiger partial charge >= 0.3 is 0 Å². The molecule has 3 heterocycles. The Labute approximate surface area is 112 Å². The van der Waals surface area contributed by atoms with Crippen LogP contribution in [0.1, 0.15) is 10.4 Å². The standard InChI is InChI=1S/C13H9N3O2S/c17-11(15-13-14-6-8-19-13)10-5-4-9-3-1-2-7-16(9)12(10)18/h1-8H,(H,14,15,17). The topological polar surface area (TPSA) is 63.5 Å². The Morgan fingerprint density at radius 2 is 2.16 bits per heavy atom. The van der Waals surface area contributed by atoms with Gasteiger partial charge in [0.15, 0.2) is 5.13 Å². The molecular weight excluding hydrogens is 262 g/mol. The van der Waals surface area contributed by atoms with E-state index in [0.29, 0.717) is 5.13 Å². The van der Waals surface area contributed by atoms with Gasteiger partial charge in [-0.1, -0.05) is 6.07 Å². The van der Waals surface area contributed by atoms with Crippen LogP contribution < -0.4 is 10.9 Å². The molecule has 0 saturated heterocycles. The molecule has 6 heteroatoms. The van der Waals surface area contributed by atoms with Gasteiger partial charge in [-0.25, -0.2) is 4.98 Å². The van der Waals surface area contributed by atoms with E-state index in [1.807, 2.05) is 12.1 Å². The lowest BCUT2D eigenvalue weighted by atomic mass is 10.2. The second-order valence-electron chi connectivity index (χ2n) is 3.84. The van der Waals surface area contributed by atoms with Crippen LogP contribution in [0.25, 0.3) is 5.52 Å². The first-order valence-electron chi connectivity index (χ1n) is 5.57. The summed E-state index contributed by atoms with van der Waals surface area (Å²) < 4.78 is 1.44. The molecule has 0 radical (unpaired) electrons. The highest BCUT2D eigenvalue weighted by molar-refractivity contribution is 7.13. The number of fused-ring (bicyclic) bond motifs is 1. The van der Waals surface area contributed by atoms with Crippen LogP contribution >= 0.6 is 11.3 Å². The van der Waals surface area contributed by atoms with Crippen molar-refractivity contribution in [1.82, 2.24) is 9.38 Å². The summed E-state index contributed by atoms with van der Waals surface area (Å²) in [5.41, 5.74) is 0.504. The Bertz CT molecular complexity index is 793. The molecule has 0 atom stereocenters. The van der Waals surface area contributed by atoms with Crippen molar-refractivity contribution >= 4 is 27.9 Å². The molecule has 0 aromatic carbocycles. The maximum absolute atomic E-state index is 12.2. The number of pyridine rings is 2. The van der Waals surface area contributed by atoms with Gasteiger partial charge in [0.25, 0.3) is 11.5 Å². The van der Waals surface area contributed by atoms with Crippen LogP contribution in [-0.2, 0) is 0 Å². The average molecular weight is 271 g/mol. The van der Waals surface area contributed by atoms with Gasteiger partial charge in [-0.05, 0) is 24.3 Å². The molecule has 94 valence electrons. The smallest absolute Gasteiger partial charge is 0.267 e. The summed E-state index contributed by atoms with van der Waals surface area (Å²) in [6, 6.07) is 8.66. The second-order valence-corrected chi connectivity index (χ2v) is 4.73. The van der Waals surface area contributed by atoms with Crippen molar-refractivity contribution in [2.45, 2.75) is 0 Å². The molecule has 0 fully saturated rings. The number of carbonyl (C=O) groups excluding carboxylic acids is 1. The number of carbonyl (C=O) groups is 1. The van der Waals surface area contributed by atoms with Gasteiger partial charge in [0.05, 0.1) is 0 Å². The van der Waals surface area contributed by atoms with E-state index >= 15 is 0 Å². The van der Waals surface area contributed by atoms with Crippen LogP contribution in [0, 0.1) is 0 Å². The Morgan fingerprint density at radius 1 is 1.26 bits per heavy atom. The molecule has 3 rings (SSSR count). The average Bonchev–Trinajstić information content (AvgIpc) is 2.92. The summed E-state index contributed by atoms with van der Waals surface area (Å²) in [7, 11) is 0. The van der Waals surface area contributed by atoms with Gasteiger partial charge in [0.2, 0.25) is 0 Å². The molecule has 0 aliphatic rings. The number of aromatic nitrogens is 2. The van der Waals surface area contributed by atoms with Gasteiger partial charge in [-0.15, -0.1) is 11.3 Å². The van der Waals surface area contributed by atoms with Crippen LogP contribution in [-0.4, -0.2) is 15.3 Å². The number of hydrogen-bond donors (Lipinski definition) is 1. The summed E-state index contributed by atoms with van der Waals surface area (Å²) in [4.78, 5) is 28.2. The molecule has 0 unspecified atom stereocenters. The minimum Gasteiger partial charge on any atom is -0.298 e. The number of nitrogens with one attached hydrogen (secondary N) is 1. The van der Waals surface area contributed by atoms with Crippen molar-refractivity contribution in [3.8, 4) is 0 Å². The van der Waals surface area contributed by atoms with Crippen LogP contribution in [0.4, 0.5) is 5.13 Å². The zero-order valence-corrected chi connectivity index (χ0v) is 10.6. The molecule has 0 aliphatic carbocycles. The summed E-state index contributed by atoms with van der Waals surface area (Å²) in [6.45, 7) is 0. The second kappa shape index (κ2) is 4.66. The lowest BCUT2D eigenvalue weighted by Gasteiger charge is -2.04. The first-order chi connectivity index (χ1) is 9.25. The summed E-state index contributed by atoms with van der Waals surface area (Å²) >= 11 is 1.30. The van der Waals surface area contributed by atoms with E-state index in [0.717, 1.165) is 5.52 Å². The number of nitrogens with zero attached hydrogens (tertiary/aromatic N) is 2. The lowest BCUT2D eigenvalue weighted by molar-refractivity contribution is 0.102. The maximum atomic E-state index is 12.2. The third kappa shape index (κ3) is 2.13. The van der Waals surface area contributed by atoms with Gasteiger partial charge in [0, 0.05) is 23.3 Å². The highest BCUT2D eigenvalue weighted by atomic mass is 32.1. The highest BCUT2D eigenvalue weighted by Crippen LogP contribution is 2.11. The molecule has 3 aromatic heterocycles. The Kier molecular flexibility index (Phi) is 2.85. The van der Waals surface area contributed by atoms with Crippen molar-refractivity contribution in [2.24, 2.45) is 0 Å². The van der Waals surface area contributed by atoms with Crippen molar-refractivity contribution < 1.29 is 4.79 Å². The van der Waals surface area contributed by atoms with Crippen LogP contribution in [0.5, 0.6) is 0 Å². The van der Waals surface area contributed by atoms with E-state index in [-0.39, 0.29) is 11.1 Å². The van der Waals surface area contributed by atoms with Gasteiger partial charge in [-0.3, -0.25) is 19.3 Å². The number of hydrogen-bond acceptors (Lipinski definition) is 4. The molecule has 1 N–H and O–H groups in total. The van der Waals surface area contributed by atoms with Crippen LogP contribution in [0.3, 0.4) is 0 Å². The van der Waals surface area contributed by atoms with Crippen LogP contribution in [0.2, 0.25) is 0 Å². The van der Waals surface area contributed by atoms with E-state index in [4.69, 9.17) is 0 Å². The van der Waals surface area contributed by atoms with E-state index in [2.05, 4.69) is 10.3 Å². The molecule has 1 amide bonds. The lowest BCUT2D eigenvalue weighted by Crippen LogP contribution is -2.25. The molecule has 0 bridgehead atoms. The fourth-order valence-corrected chi connectivity index (χ4v) is 2.29. The highest BCUT2D eigenvalue weighted by Gasteiger charge is 2.13. The Hall–Kier alpha value is -2.47. The number of anilines is 1. The number of thiazole rings is 1. The molecule has 3 aromatic rings. The largest absolute Gasteiger partial charge is 0.298 e. The predicted octanol–water partition coefficient (Wildman–Crippen LogP) is 2.01. The normalized spacial score (nSPS) is 10.5. The molecule has 0 aliphatic heterocycles. The summed E-state index contributed by atoms with van der Waals surface area (Å²) in [5, 5.41) is 4.83. The molecule has 0 spiro atoms. The summed E-state index contributed by atoms with van der Waals surface area (Å²) in [5.74, 6) is -0.446. The molecule has 5 nitrogen and oxygen atoms in total. The van der Waals surface area contributed by atoms with Gasteiger partial charge in [-0.2, -0.15) is 0 Å². The zero-order valence-electron chi connectivity index (χ0n) is 9.74. The number of rotatable bonds is 2. The van der Waals surface area contributed by atoms with E-state index < -0.39 is 5.91 Å². The first-order valence-corrected chi connectivity index (χ1v) is 6.45. The summed E-state index contributed by atoms with van der Waals surface area (Å²) in [6.07, 6.45) is 3.23. The third-order valence-electron chi connectivity index (χ3n) is 2.66. The molecule has 0 saturated carbocycles. The van der Waals surface area contributed by atoms with Crippen molar-refractivity contribution in [3.63, 3.8) is 0 Å².